The summed E-state index contributed by atoms with van der Waals surface area (Å²) in [6.45, 7) is 3.35. The molecule has 2 heterocycles. The first kappa shape index (κ1) is 10.9. The highest BCUT2D eigenvalue weighted by molar-refractivity contribution is 5.92. The quantitative estimate of drug-likeness (QED) is 0.704. The number of nitrogens with two attached hydrogens (primary N) is 1. The van der Waals surface area contributed by atoms with Crippen molar-refractivity contribution in [1.82, 2.24) is 15.2 Å². The van der Waals surface area contributed by atoms with Crippen LogP contribution in [0.2, 0.25) is 0 Å². The molecule has 0 atom stereocenters. The molecule has 5 heteroatoms. The Hall–Kier alpha value is -1.62. The highest BCUT2D eigenvalue weighted by Crippen LogP contribution is 2.06. The zero-order valence-corrected chi connectivity index (χ0v) is 9.15. The van der Waals surface area contributed by atoms with Crippen LogP contribution >= 0.6 is 0 Å². The fraction of sp³-hybridized carbons (Fsp3) is 0.455. The first-order valence-electron chi connectivity index (χ1n) is 5.49. The van der Waals surface area contributed by atoms with Gasteiger partial charge < -0.3 is 16.0 Å². The van der Waals surface area contributed by atoms with Crippen molar-refractivity contribution in [1.29, 1.82) is 0 Å². The Morgan fingerprint density at radius 1 is 1.38 bits per heavy atom. The number of nitrogen functional groups attached to an aromatic ring is 1. The summed E-state index contributed by atoms with van der Waals surface area (Å²) in [5, 5.41) is 3.26. The summed E-state index contributed by atoms with van der Waals surface area (Å²) < 4.78 is 0. The molecule has 5 nitrogen and oxygen atoms in total. The minimum atomic E-state index is -0.0105. The van der Waals surface area contributed by atoms with E-state index in [9.17, 15) is 4.79 Å². The smallest absolute Gasteiger partial charge is 0.272 e. The van der Waals surface area contributed by atoms with Crippen molar-refractivity contribution >= 4 is 11.6 Å². The Labute approximate surface area is 94.6 Å². The van der Waals surface area contributed by atoms with Crippen LogP contribution in [0.5, 0.6) is 0 Å². The molecule has 1 aliphatic heterocycles. The maximum Gasteiger partial charge on any atom is 0.272 e. The molecule has 1 aromatic rings. The Balaban J connectivity index is 2.08. The third-order valence-electron chi connectivity index (χ3n) is 2.63. The van der Waals surface area contributed by atoms with E-state index in [-0.39, 0.29) is 5.91 Å². The topological polar surface area (TPSA) is 71.2 Å². The lowest BCUT2D eigenvalue weighted by Crippen LogP contribution is -2.34. The van der Waals surface area contributed by atoms with Gasteiger partial charge in [0, 0.05) is 19.6 Å². The number of nitrogens with one attached hydrogen (secondary N) is 1. The number of hydrogen-bond donors (Lipinski definition) is 2. The van der Waals surface area contributed by atoms with Gasteiger partial charge in [0.25, 0.3) is 5.91 Å². The van der Waals surface area contributed by atoms with Gasteiger partial charge in [0.15, 0.2) is 0 Å². The first-order valence-corrected chi connectivity index (χ1v) is 5.49. The molecular formula is C11H16N4O. The van der Waals surface area contributed by atoms with E-state index < -0.39 is 0 Å². The van der Waals surface area contributed by atoms with Crippen LogP contribution in [0.3, 0.4) is 0 Å². The van der Waals surface area contributed by atoms with Gasteiger partial charge in [-0.3, -0.25) is 4.79 Å². The van der Waals surface area contributed by atoms with Crippen molar-refractivity contribution in [2.75, 3.05) is 31.9 Å². The number of hydrogen-bond acceptors (Lipinski definition) is 4. The van der Waals surface area contributed by atoms with Gasteiger partial charge in [-0.25, -0.2) is 4.98 Å². The molecule has 16 heavy (non-hydrogen) atoms. The molecular weight excluding hydrogens is 204 g/mol. The first-order chi connectivity index (χ1) is 7.77. The summed E-state index contributed by atoms with van der Waals surface area (Å²) in [5.74, 6) is -0.0105. The van der Waals surface area contributed by atoms with Gasteiger partial charge in [0.05, 0.1) is 11.9 Å². The van der Waals surface area contributed by atoms with Crippen LogP contribution in [0.1, 0.15) is 16.9 Å². The maximum atomic E-state index is 12.1. The zero-order valence-electron chi connectivity index (χ0n) is 9.15. The van der Waals surface area contributed by atoms with E-state index >= 15 is 0 Å². The second-order valence-electron chi connectivity index (χ2n) is 3.87. The SMILES string of the molecule is Nc1ccc(C(=O)N2CCCNCC2)nc1. The maximum absolute atomic E-state index is 12.1. The van der Waals surface area contributed by atoms with Crippen LogP contribution in [0.4, 0.5) is 5.69 Å². The van der Waals surface area contributed by atoms with E-state index in [0.29, 0.717) is 11.4 Å². The molecule has 1 fully saturated rings. The largest absolute Gasteiger partial charge is 0.397 e. The fourth-order valence-corrected chi connectivity index (χ4v) is 1.74. The van der Waals surface area contributed by atoms with Crippen molar-refractivity contribution in [3.8, 4) is 0 Å². The number of nitrogens with zero attached hydrogens (tertiary/aromatic N) is 2. The van der Waals surface area contributed by atoms with Gasteiger partial charge in [-0.05, 0) is 25.1 Å². The van der Waals surface area contributed by atoms with Crippen molar-refractivity contribution in [2.45, 2.75) is 6.42 Å². The number of carbonyl (C=O) groups is 1. The lowest BCUT2D eigenvalue weighted by atomic mass is 10.3. The molecule has 0 saturated carbocycles. The summed E-state index contributed by atoms with van der Waals surface area (Å²) >= 11 is 0. The zero-order chi connectivity index (χ0) is 11.4. The van der Waals surface area contributed by atoms with Crippen LogP contribution < -0.4 is 11.1 Å². The number of amides is 1. The van der Waals surface area contributed by atoms with E-state index in [0.717, 1.165) is 32.6 Å². The fourth-order valence-electron chi connectivity index (χ4n) is 1.74. The van der Waals surface area contributed by atoms with Gasteiger partial charge in [0.2, 0.25) is 0 Å². The minimum absolute atomic E-state index is 0.0105. The van der Waals surface area contributed by atoms with Gasteiger partial charge >= 0.3 is 0 Å². The van der Waals surface area contributed by atoms with Crippen molar-refractivity contribution in [2.24, 2.45) is 0 Å². The van der Waals surface area contributed by atoms with Crippen molar-refractivity contribution in [3.05, 3.63) is 24.0 Å². The molecule has 0 aromatic carbocycles. The van der Waals surface area contributed by atoms with E-state index in [1.54, 1.807) is 12.1 Å². The van der Waals surface area contributed by atoms with Crippen LogP contribution in [-0.4, -0.2) is 42.0 Å². The lowest BCUT2D eigenvalue weighted by Gasteiger charge is -2.19. The molecule has 2 rings (SSSR count). The monoisotopic (exact) mass is 220 g/mol. The highest BCUT2D eigenvalue weighted by Gasteiger charge is 2.17. The highest BCUT2D eigenvalue weighted by atomic mass is 16.2. The number of anilines is 1. The van der Waals surface area contributed by atoms with Crippen LogP contribution in [-0.2, 0) is 0 Å². The average Bonchev–Trinajstić information content (AvgIpc) is 2.57. The van der Waals surface area contributed by atoms with E-state index in [2.05, 4.69) is 10.3 Å². The number of rotatable bonds is 1. The van der Waals surface area contributed by atoms with E-state index in [1.807, 2.05) is 4.90 Å². The standard InChI is InChI=1S/C11H16N4O/c12-9-2-3-10(14-8-9)11(16)15-6-1-4-13-5-7-15/h2-3,8,13H,1,4-7,12H2. The Kier molecular flexibility index (Phi) is 3.36. The van der Waals surface area contributed by atoms with Crippen LogP contribution in [0.25, 0.3) is 0 Å². The number of pyridine rings is 1. The Bertz CT molecular complexity index is 355. The second-order valence-corrected chi connectivity index (χ2v) is 3.87. The molecule has 0 unspecified atom stereocenters. The number of aromatic nitrogens is 1. The normalized spacial score (nSPS) is 16.9. The van der Waals surface area contributed by atoms with Gasteiger partial charge in [0.1, 0.15) is 5.69 Å². The summed E-state index contributed by atoms with van der Waals surface area (Å²) in [4.78, 5) is 17.9. The molecule has 1 aliphatic rings. The molecule has 1 aromatic heterocycles. The van der Waals surface area contributed by atoms with Gasteiger partial charge in [-0.2, -0.15) is 0 Å². The lowest BCUT2D eigenvalue weighted by molar-refractivity contribution is 0.0760. The summed E-state index contributed by atoms with van der Waals surface area (Å²) in [7, 11) is 0. The third-order valence-corrected chi connectivity index (χ3v) is 2.63. The van der Waals surface area contributed by atoms with Gasteiger partial charge in [-0.15, -0.1) is 0 Å². The summed E-state index contributed by atoms with van der Waals surface area (Å²) in [6, 6.07) is 3.38. The Morgan fingerprint density at radius 3 is 3.00 bits per heavy atom. The van der Waals surface area contributed by atoms with Crippen molar-refractivity contribution in [3.63, 3.8) is 0 Å². The summed E-state index contributed by atoms with van der Waals surface area (Å²) in [5.41, 5.74) is 6.58. The minimum Gasteiger partial charge on any atom is -0.397 e. The molecule has 1 amide bonds. The average molecular weight is 220 g/mol. The molecule has 3 N–H and O–H groups in total. The van der Waals surface area contributed by atoms with E-state index in [1.165, 1.54) is 6.20 Å². The second kappa shape index (κ2) is 4.94. The molecule has 0 aliphatic carbocycles. The summed E-state index contributed by atoms with van der Waals surface area (Å²) in [6.07, 6.45) is 2.50. The van der Waals surface area contributed by atoms with E-state index in [4.69, 9.17) is 5.73 Å². The number of carbonyl (C=O) groups excluding carboxylic acids is 1. The molecule has 0 spiro atoms. The predicted octanol–water partition coefficient (Wildman–Crippen LogP) is 0.0993. The van der Waals surface area contributed by atoms with Crippen LogP contribution in [0.15, 0.2) is 18.3 Å². The van der Waals surface area contributed by atoms with Gasteiger partial charge in [-0.1, -0.05) is 0 Å². The predicted molar refractivity (Wildman–Crippen MR) is 62.0 cm³/mol. The molecule has 0 radical (unpaired) electrons. The Morgan fingerprint density at radius 2 is 2.25 bits per heavy atom. The van der Waals surface area contributed by atoms with Crippen molar-refractivity contribution < 1.29 is 4.79 Å². The molecule has 86 valence electrons. The molecule has 1 saturated heterocycles. The molecule has 0 bridgehead atoms. The van der Waals surface area contributed by atoms with Crippen LogP contribution in [0, 0.1) is 0 Å². The third kappa shape index (κ3) is 2.49.